The molecular formula is C8H9ClLiNO2S. The van der Waals surface area contributed by atoms with Gasteiger partial charge in [0.15, 0.2) is 10.0 Å². The Balaban J connectivity index is 0.00000169. The molecule has 0 saturated heterocycles. The van der Waals surface area contributed by atoms with Crippen LogP contribution in [0.25, 0.3) is 0 Å². The van der Waals surface area contributed by atoms with E-state index < -0.39 is 10.0 Å². The standard InChI is InChI=1S/C8H9ClNO2S.Li/c1-10(2)13(11,12)8-6-4-3-5-7(8)9;/h3,5-6H,1-2H3;/q-1;+1. The zero-order valence-corrected chi connectivity index (χ0v) is 9.85. The van der Waals surface area contributed by atoms with Crippen LogP contribution in [0.2, 0.25) is 5.02 Å². The molecule has 1 rings (SSSR count). The van der Waals surface area contributed by atoms with Gasteiger partial charge in [0.2, 0.25) is 0 Å². The van der Waals surface area contributed by atoms with Crippen molar-refractivity contribution in [3.63, 3.8) is 0 Å². The molecule has 0 bridgehead atoms. The maximum absolute atomic E-state index is 11.6. The summed E-state index contributed by atoms with van der Waals surface area (Å²) in [6.07, 6.45) is 0. The van der Waals surface area contributed by atoms with E-state index in [-0.39, 0.29) is 28.8 Å². The van der Waals surface area contributed by atoms with E-state index in [4.69, 9.17) is 11.6 Å². The molecule has 72 valence electrons. The first-order valence-electron chi connectivity index (χ1n) is 3.54. The van der Waals surface area contributed by atoms with Crippen LogP contribution in [0.5, 0.6) is 0 Å². The van der Waals surface area contributed by atoms with Crippen LogP contribution in [0.4, 0.5) is 0 Å². The van der Waals surface area contributed by atoms with Crippen molar-refractivity contribution in [3.05, 3.63) is 29.3 Å². The quantitative estimate of drug-likeness (QED) is 0.449. The molecule has 3 nitrogen and oxygen atoms in total. The summed E-state index contributed by atoms with van der Waals surface area (Å²) >= 11 is 5.73. The van der Waals surface area contributed by atoms with Gasteiger partial charge in [0.05, 0.1) is 0 Å². The summed E-state index contributed by atoms with van der Waals surface area (Å²) < 4.78 is 24.3. The van der Waals surface area contributed by atoms with Crippen molar-refractivity contribution < 1.29 is 27.3 Å². The molecule has 6 heteroatoms. The second kappa shape index (κ2) is 5.20. The van der Waals surface area contributed by atoms with Crippen LogP contribution in [0, 0.1) is 6.07 Å². The van der Waals surface area contributed by atoms with Crippen molar-refractivity contribution >= 4 is 21.6 Å². The van der Waals surface area contributed by atoms with Gasteiger partial charge in [0.25, 0.3) is 0 Å². The zero-order chi connectivity index (χ0) is 10.1. The van der Waals surface area contributed by atoms with E-state index in [0.717, 1.165) is 4.31 Å². The first-order valence-corrected chi connectivity index (χ1v) is 5.36. The first kappa shape index (κ1) is 14.0. The van der Waals surface area contributed by atoms with Crippen molar-refractivity contribution in [2.45, 2.75) is 4.90 Å². The van der Waals surface area contributed by atoms with Gasteiger partial charge in [-0.15, -0.1) is 11.6 Å². The fourth-order valence-corrected chi connectivity index (χ4v) is 2.13. The van der Waals surface area contributed by atoms with Gasteiger partial charge < -0.3 is 0 Å². The van der Waals surface area contributed by atoms with Gasteiger partial charge in [-0.3, -0.25) is 0 Å². The van der Waals surface area contributed by atoms with E-state index in [2.05, 4.69) is 6.07 Å². The van der Waals surface area contributed by atoms with E-state index in [0.29, 0.717) is 0 Å². The second-order valence-electron chi connectivity index (χ2n) is 2.64. The maximum Gasteiger partial charge on any atom is 1.00 e. The summed E-state index contributed by atoms with van der Waals surface area (Å²) in [5.74, 6) is 0. The summed E-state index contributed by atoms with van der Waals surface area (Å²) in [5.41, 5.74) is 0. The zero-order valence-electron chi connectivity index (χ0n) is 8.28. The first-order chi connectivity index (χ1) is 5.96. The van der Waals surface area contributed by atoms with Gasteiger partial charge in [-0.1, -0.05) is 0 Å². The van der Waals surface area contributed by atoms with E-state index in [1.54, 1.807) is 6.07 Å². The molecule has 0 N–H and O–H groups in total. The fraction of sp³-hybridized carbons (Fsp3) is 0.250. The van der Waals surface area contributed by atoms with E-state index in [1.165, 1.54) is 26.2 Å². The molecule has 14 heavy (non-hydrogen) atoms. The third-order valence-corrected chi connectivity index (χ3v) is 3.83. The fourth-order valence-electron chi connectivity index (χ4n) is 0.791. The van der Waals surface area contributed by atoms with Crippen molar-refractivity contribution in [1.82, 2.24) is 4.31 Å². The predicted molar refractivity (Wildman–Crippen MR) is 51.2 cm³/mol. The molecular weight excluding hydrogens is 217 g/mol. The van der Waals surface area contributed by atoms with Crippen LogP contribution in [-0.4, -0.2) is 26.8 Å². The van der Waals surface area contributed by atoms with Crippen molar-refractivity contribution in [1.29, 1.82) is 0 Å². The summed E-state index contributed by atoms with van der Waals surface area (Å²) in [7, 11) is -0.523. The van der Waals surface area contributed by atoms with Gasteiger partial charge in [-0.2, -0.15) is 24.3 Å². The Labute approximate surface area is 101 Å². The minimum atomic E-state index is -3.44. The van der Waals surface area contributed by atoms with Crippen LogP contribution in [0.1, 0.15) is 0 Å². The van der Waals surface area contributed by atoms with Crippen LogP contribution in [0.3, 0.4) is 0 Å². The summed E-state index contributed by atoms with van der Waals surface area (Å²) in [6.45, 7) is 0. The molecule has 0 aliphatic rings. The molecule has 0 fully saturated rings. The summed E-state index contributed by atoms with van der Waals surface area (Å²) in [6, 6.07) is 7.10. The van der Waals surface area contributed by atoms with Crippen LogP contribution >= 0.6 is 11.6 Å². The number of benzene rings is 1. The Kier molecular flexibility index (Phi) is 5.20. The number of nitrogens with zero attached hydrogens (tertiary/aromatic N) is 1. The van der Waals surface area contributed by atoms with Gasteiger partial charge >= 0.3 is 18.9 Å². The van der Waals surface area contributed by atoms with Crippen molar-refractivity contribution in [2.24, 2.45) is 0 Å². The third kappa shape index (κ3) is 2.75. The van der Waals surface area contributed by atoms with E-state index in [1.807, 2.05) is 0 Å². The van der Waals surface area contributed by atoms with E-state index >= 15 is 0 Å². The molecule has 0 heterocycles. The number of hydrogen-bond acceptors (Lipinski definition) is 2. The SMILES string of the molecule is CN(C)S(=O)(=O)c1c[c-]ccc1Cl.[Li+]. The number of rotatable bonds is 2. The number of sulfonamides is 1. The van der Waals surface area contributed by atoms with Gasteiger partial charge in [0.1, 0.15) is 0 Å². The second-order valence-corrected chi connectivity index (χ2v) is 5.17. The summed E-state index contributed by atoms with van der Waals surface area (Å²) in [4.78, 5) is 0.0849. The van der Waals surface area contributed by atoms with Crippen molar-refractivity contribution in [2.75, 3.05) is 14.1 Å². The minimum Gasteiger partial charge on any atom is -0.220 e. The average Bonchev–Trinajstić information content (AvgIpc) is 2.04. The van der Waals surface area contributed by atoms with Gasteiger partial charge in [0, 0.05) is 14.1 Å². The molecule has 0 saturated carbocycles. The molecule has 0 aromatic heterocycles. The molecule has 1 aromatic rings. The Morgan fingerprint density at radius 1 is 1.43 bits per heavy atom. The normalized spacial score (nSPS) is 11.1. The van der Waals surface area contributed by atoms with Crippen LogP contribution in [0.15, 0.2) is 23.1 Å². The van der Waals surface area contributed by atoms with Crippen LogP contribution in [-0.2, 0) is 10.0 Å². The molecule has 0 aliphatic heterocycles. The van der Waals surface area contributed by atoms with Gasteiger partial charge in [-0.05, 0) is 9.92 Å². The van der Waals surface area contributed by atoms with Gasteiger partial charge in [-0.25, -0.2) is 12.7 Å². The molecule has 1 aromatic carbocycles. The van der Waals surface area contributed by atoms with Crippen LogP contribution < -0.4 is 18.9 Å². The Bertz CT molecular complexity index is 406. The molecule has 0 spiro atoms. The largest absolute Gasteiger partial charge is 1.00 e. The summed E-state index contributed by atoms with van der Waals surface area (Å²) in [5, 5.41) is 0.215. The molecule has 0 radical (unpaired) electrons. The topological polar surface area (TPSA) is 37.4 Å². The Morgan fingerprint density at radius 3 is 2.43 bits per heavy atom. The smallest absolute Gasteiger partial charge is 0.220 e. The minimum absolute atomic E-state index is 0. The molecule has 0 atom stereocenters. The Hall–Kier alpha value is 0.0174. The maximum atomic E-state index is 11.6. The average molecular weight is 226 g/mol. The van der Waals surface area contributed by atoms with E-state index in [9.17, 15) is 8.42 Å². The third-order valence-electron chi connectivity index (χ3n) is 1.53. The molecule has 0 amide bonds. The number of halogens is 1. The monoisotopic (exact) mass is 225 g/mol. The van der Waals surface area contributed by atoms with Crippen molar-refractivity contribution in [3.8, 4) is 0 Å². The Morgan fingerprint density at radius 2 is 2.00 bits per heavy atom. The predicted octanol–water partition coefficient (Wildman–Crippen LogP) is -1.61. The molecule has 0 unspecified atom stereocenters. The molecule has 0 aliphatic carbocycles. The number of hydrogen-bond donors (Lipinski definition) is 0.